The topological polar surface area (TPSA) is 26.0 Å². The van der Waals surface area contributed by atoms with Crippen LogP contribution in [-0.2, 0) is 6.18 Å². The molecule has 1 atom stereocenters. The summed E-state index contributed by atoms with van der Waals surface area (Å²) in [6.45, 7) is 2.02. The minimum absolute atomic E-state index is 0. The van der Waals surface area contributed by atoms with Crippen LogP contribution in [0.5, 0.6) is 0 Å². The Kier molecular flexibility index (Phi) is 7.25. The Morgan fingerprint density at radius 1 is 1.28 bits per heavy atom. The molecule has 0 spiro atoms. The van der Waals surface area contributed by atoms with E-state index in [9.17, 15) is 13.2 Å². The van der Waals surface area contributed by atoms with E-state index in [1.54, 1.807) is 6.07 Å². The van der Waals surface area contributed by atoms with Crippen molar-refractivity contribution in [2.45, 2.75) is 38.4 Å². The zero-order valence-corrected chi connectivity index (χ0v) is 12.3. The Balaban J connectivity index is 0.00000289. The van der Waals surface area contributed by atoms with E-state index in [2.05, 4.69) is 15.9 Å². The number of benzene rings is 1. The van der Waals surface area contributed by atoms with Crippen molar-refractivity contribution in [3.63, 3.8) is 0 Å². The Morgan fingerprint density at radius 3 is 2.39 bits per heavy atom. The maximum absolute atomic E-state index is 12.6. The SMILES string of the molecule is CCCC[C@H](N)c1cc(Br)cc(C(F)(F)F)c1.Cl. The van der Waals surface area contributed by atoms with E-state index in [-0.39, 0.29) is 18.4 Å². The van der Waals surface area contributed by atoms with Crippen molar-refractivity contribution in [1.82, 2.24) is 0 Å². The maximum Gasteiger partial charge on any atom is 0.416 e. The van der Waals surface area contributed by atoms with Crippen LogP contribution >= 0.6 is 28.3 Å². The molecule has 0 aliphatic carbocycles. The molecule has 0 aliphatic heterocycles. The largest absolute Gasteiger partial charge is 0.416 e. The van der Waals surface area contributed by atoms with Crippen molar-refractivity contribution in [2.24, 2.45) is 5.73 Å². The second kappa shape index (κ2) is 7.36. The summed E-state index contributed by atoms with van der Waals surface area (Å²) in [5.41, 5.74) is 5.74. The highest BCUT2D eigenvalue weighted by atomic mass is 79.9. The molecule has 1 aromatic rings. The van der Waals surface area contributed by atoms with E-state index in [1.807, 2.05) is 6.92 Å². The van der Waals surface area contributed by atoms with Gasteiger partial charge >= 0.3 is 6.18 Å². The van der Waals surface area contributed by atoms with Crippen LogP contribution in [0, 0.1) is 0 Å². The number of rotatable bonds is 4. The van der Waals surface area contributed by atoms with E-state index < -0.39 is 11.7 Å². The Bertz CT molecular complexity index is 382. The first-order valence-corrected chi connectivity index (χ1v) is 6.27. The summed E-state index contributed by atoms with van der Waals surface area (Å²) in [6, 6.07) is 3.50. The Hall–Kier alpha value is -0.260. The van der Waals surface area contributed by atoms with Crippen molar-refractivity contribution < 1.29 is 13.2 Å². The first-order chi connectivity index (χ1) is 7.84. The summed E-state index contributed by atoms with van der Waals surface area (Å²) >= 11 is 3.09. The third-order valence-corrected chi connectivity index (χ3v) is 3.00. The molecule has 0 heterocycles. The van der Waals surface area contributed by atoms with Crippen molar-refractivity contribution in [3.05, 3.63) is 33.8 Å². The summed E-state index contributed by atoms with van der Waals surface area (Å²) < 4.78 is 38.2. The van der Waals surface area contributed by atoms with Gasteiger partial charge in [0, 0.05) is 10.5 Å². The van der Waals surface area contributed by atoms with E-state index >= 15 is 0 Å². The molecule has 0 aliphatic rings. The lowest BCUT2D eigenvalue weighted by atomic mass is 10.00. The lowest BCUT2D eigenvalue weighted by molar-refractivity contribution is -0.137. The zero-order valence-electron chi connectivity index (χ0n) is 9.93. The van der Waals surface area contributed by atoms with Crippen LogP contribution in [-0.4, -0.2) is 0 Å². The van der Waals surface area contributed by atoms with E-state index in [0.29, 0.717) is 16.5 Å². The molecule has 0 unspecified atom stereocenters. The van der Waals surface area contributed by atoms with Crippen LogP contribution in [0.2, 0.25) is 0 Å². The molecule has 1 nitrogen and oxygen atoms in total. The summed E-state index contributed by atoms with van der Waals surface area (Å²) in [6.07, 6.45) is -1.74. The molecule has 0 fully saturated rings. The lowest BCUT2D eigenvalue weighted by Crippen LogP contribution is -2.12. The molecule has 18 heavy (non-hydrogen) atoms. The standard InChI is InChI=1S/C12H15BrF3N.ClH/c1-2-3-4-11(17)8-5-9(12(14,15)16)7-10(13)6-8;/h5-7,11H,2-4,17H2,1H3;1H/t11-;/m0./s1. The number of hydrogen-bond acceptors (Lipinski definition) is 1. The third-order valence-electron chi connectivity index (χ3n) is 2.54. The minimum Gasteiger partial charge on any atom is -0.324 e. The van der Waals surface area contributed by atoms with Gasteiger partial charge in [-0.1, -0.05) is 35.7 Å². The predicted octanol–water partition coefficient (Wildman–Crippen LogP) is 5.08. The summed E-state index contributed by atoms with van der Waals surface area (Å²) in [4.78, 5) is 0. The number of hydrogen-bond donors (Lipinski definition) is 1. The highest BCUT2D eigenvalue weighted by molar-refractivity contribution is 9.10. The smallest absolute Gasteiger partial charge is 0.324 e. The van der Waals surface area contributed by atoms with Crippen molar-refractivity contribution in [2.75, 3.05) is 0 Å². The molecule has 0 aromatic heterocycles. The van der Waals surface area contributed by atoms with Crippen LogP contribution in [0.4, 0.5) is 13.2 Å². The fourth-order valence-corrected chi connectivity index (χ4v) is 2.09. The predicted molar refractivity (Wildman–Crippen MR) is 72.8 cm³/mol. The molecule has 1 rings (SSSR count). The Labute approximate surface area is 119 Å². The van der Waals surface area contributed by atoms with E-state index in [1.165, 1.54) is 0 Å². The quantitative estimate of drug-likeness (QED) is 0.808. The van der Waals surface area contributed by atoms with Crippen LogP contribution in [0.15, 0.2) is 22.7 Å². The van der Waals surface area contributed by atoms with Crippen molar-refractivity contribution in [1.29, 1.82) is 0 Å². The molecule has 6 heteroatoms. The van der Waals surface area contributed by atoms with Gasteiger partial charge in [0.15, 0.2) is 0 Å². The molecule has 2 N–H and O–H groups in total. The number of nitrogens with two attached hydrogens (primary N) is 1. The molecule has 0 radical (unpaired) electrons. The second-order valence-corrected chi connectivity index (χ2v) is 4.94. The monoisotopic (exact) mass is 345 g/mol. The first-order valence-electron chi connectivity index (χ1n) is 5.48. The minimum atomic E-state index is -4.33. The fourth-order valence-electron chi connectivity index (χ4n) is 1.58. The van der Waals surface area contributed by atoms with E-state index in [4.69, 9.17) is 5.73 Å². The van der Waals surface area contributed by atoms with Crippen LogP contribution in [0.25, 0.3) is 0 Å². The van der Waals surface area contributed by atoms with E-state index in [0.717, 1.165) is 25.0 Å². The van der Waals surface area contributed by atoms with Gasteiger partial charge in [0.25, 0.3) is 0 Å². The molecule has 0 saturated heterocycles. The van der Waals surface area contributed by atoms with Crippen LogP contribution in [0.3, 0.4) is 0 Å². The normalized spacial score (nSPS) is 13.0. The highest BCUT2D eigenvalue weighted by Crippen LogP contribution is 2.33. The van der Waals surface area contributed by atoms with Gasteiger partial charge in [0.2, 0.25) is 0 Å². The number of halogens is 5. The number of alkyl halides is 3. The number of unbranched alkanes of at least 4 members (excludes halogenated alkanes) is 1. The molecule has 104 valence electrons. The van der Waals surface area contributed by atoms with Gasteiger partial charge in [-0.25, -0.2) is 0 Å². The zero-order chi connectivity index (χ0) is 13.1. The van der Waals surface area contributed by atoms with Gasteiger partial charge in [-0.05, 0) is 30.2 Å². The van der Waals surface area contributed by atoms with Crippen molar-refractivity contribution in [3.8, 4) is 0 Å². The average molecular weight is 347 g/mol. The molecular weight excluding hydrogens is 330 g/mol. The van der Waals surface area contributed by atoms with Crippen LogP contribution in [0.1, 0.15) is 43.4 Å². The highest BCUT2D eigenvalue weighted by Gasteiger charge is 2.31. The summed E-state index contributed by atoms with van der Waals surface area (Å²) in [7, 11) is 0. The van der Waals surface area contributed by atoms with Gasteiger partial charge in [-0.15, -0.1) is 12.4 Å². The van der Waals surface area contributed by atoms with Gasteiger partial charge in [0.05, 0.1) is 5.56 Å². The van der Waals surface area contributed by atoms with Gasteiger partial charge in [-0.3, -0.25) is 0 Å². The molecular formula is C12H16BrClF3N. The molecule has 0 bridgehead atoms. The average Bonchev–Trinajstić information content (AvgIpc) is 2.23. The first kappa shape index (κ1) is 17.7. The maximum atomic E-state index is 12.6. The molecule has 0 amide bonds. The third kappa shape index (κ3) is 5.16. The summed E-state index contributed by atoms with van der Waals surface area (Å²) in [5.74, 6) is 0. The van der Waals surface area contributed by atoms with Crippen molar-refractivity contribution >= 4 is 28.3 Å². The van der Waals surface area contributed by atoms with Gasteiger partial charge in [-0.2, -0.15) is 13.2 Å². The van der Waals surface area contributed by atoms with Gasteiger partial charge < -0.3 is 5.73 Å². The fraction of sp³-hybridized carbons (Fsp3) is 0.500. The lowest BCUT2D eigenvalue weighted by Gasteiger charge is -2.15. The Morgan fingerprint density at radius 2 is 1.89 bits per heavy atom. The van der Waals surface area contributed by atoms with Crippen LogP contribution < -0.4 is 5.73 Å². The summed E-state index contributed by atoms with van der Waals surface area (Å²) in [5, 5.41) is 0. The molecule has 1 aromatic carbocycles. The molecule has 0 saturated carbocycles. The van der Waals surface area contributed by atoms with Gasteiger partial charge in [0.1, 0.15) is 0 Å². The second-order valence-electron chi connectivity index (χ2n) is 4.02.